The molecule has 7 nitrogen and oxygen atoms in total. The molecule has 1 fully saturated rings. The Balaban J connectivity index is 1.67. The van der Waals surface area contributed by atoms with E-state index in [1.165, 1.54) is 12.3 Å². The third-order valence-electron chi connectivity index (χ3n) is 3.44. The molecule has 2 heterocycles. The molecule has 1 aromatic heterocycles. The Morgan fingerprint density at radius 2 is 2.20 bits per heavy atom. The summed E-state index contributed by atoms with van der Waals surface area (Å²) >= 11 is 11.9. The fourth-order valence-electron chi connectivity index (χ4n) is 2.23. The number of carbonyl (C=O) groups excluding carboxylic acids is 2. The minimum atomic E-state index is -0.768. The van der Waals surface area contributed by atoms with Crippen molar-refractivity contribution in [1.82, 2.24) is 10.6 Å². The molecular weight excluding hydrogens is 367 g/mol. The van der Waals surface area contributed by atoms with Crippen LogP contribution >= 0.6 is 23.2 Å². The molecule has 3 rings (SSSR count). The number of hydrogen-bond acceptors (Lipinski definition) is 4. The zero-order valence-corrected chi connectivity index (χ0v) is 14.4. The van der Waals surface area contributed by atoms with Crippen molar-refractivity contribution in [3.8, 4) is 0 Å². The lowest BCUT2D eigenvalue weighted by molar-refractivity contribution is -0.125. The largest absolute Gasteiger partial charge is 0.467 e. The summed E-state index contributed by atoms with van der Waals surface area (Å²) in [7, 11) is 0. The minimum Gasteiger partial charge on any atom is -0.467 e. The molecule has 0 aliphatic carbocycles. The lowest BCUT2D eigenvalue weighted by Crippen LogP contribution is -2.57. The summed E-state index contributed by atoms with van der Waals surface area (Å²) in [5.41, 5.74) is 0.415. The Labute approximate surface area is 153 Å². The molecule has 0 saturated carbocycles. The summed E-state index contributed by atoms with van der Waals surface area (Å²) in [6.45, 7) is 0.243. The average molecular weight is 381 g/mol. The van der Waals surface area contributed by atoms with Crippen LogP contribution in [0.4, 0.5) is 5.69 Å². The molecule has 1 unspecified atom stereocenters. The normalized spacial score (nSPS) is 18.6. The fraction of sp³-hybridized carbons (Fsp3) is 0.188. The first-order valence-electron chi connectivity index (χ1n) is 7.40. The number of aliphatic imine (C=N–C) groups is 1. The molecule has 0 bridgehead atoms. The van der Waals surface area contributed by atoms with Gasteiger partial charge < -0.3 is 15.1 Å². The highest BCUT2D eigenvalue weighted by molar-refractivity contribution is 6.36. The number of rotatable bonds is 4. The highest BCUT2D eigenvalue weighted by Crippen LogP contribution is 2.25. The van der Waals surface area contributed by atoms with Gasteiger partial charge in [0, 0.05) is 5.02 Å². The number of furan rings is 1. The number of benzene rings is 1. The summed E-state index contributed by atoms with van der Waals surface area (Å²) in [5, 5.41) is 8.92. The minimum absolute atomic E-state index is 0.0170. The topological polar surface area (TPSA) is 95.7 Å². The lowest BCUT2D eigenvalue weighted by Gasteiger charge is -2.25. The van der Waals surface area contributed by atoms with Gasteiger partial charge in [0.25, 0.3) is 0 Å². The van der Waals surface area contributed by atoms with E-state index in [-0.39, 0.29) is 24.8 Å². The Morgan fingerprint density at radius 3 is 2.92 bits per heavy atom. The molecule has 3 N–H and O–H groups in total. The summed E-state index contributed by atoms with van der Waals surface area (Å²) in [6, 6.07) is 7.47. The van der Waals surface area contributed by atoms with E-state index in [1.807, 2.05) is 0 Å². The quantitative estimate of drug-likeness (QED) is 0.759. The first kappa shape index (κ1) is 17.3. The average Bonchev–Trinajstić information content (AvgIpc) is 3.08. The highest BCUT2D eigenvalue weighted by atomic mass is 35.5. The van der Waals surface area contributed by atoms with Gasteiger partial charge in [-0.15, -0.1) is 0 Å². The summed E-state index contributed by atoms with van der Waals surface area (Å²) in [4.78, 5) is 28.4. The number of anilines is 1. The van der Waals surface area contributed by atoms with Gasteiger partial charge in [-0.1, -0.05) is 23.2 Å². The van der Waals surface area contributed by atoms with E-state index < -0.39 is 11.9 Å². The van der Waals surface area contributed by atoms with Crippen molar-refractivity contribution in [3.63, 3.8) is 0 Å². The van der Waals surface area contributed by atoms with E-state index >= 15 is 0 Å². The number of nitrogens with zero attached hydrogens (tertiary/aromatic N) is 1. The van der Waals surface area contributed by atoms with Gasteiger partial charge in [0.2, 0.25) is 11.8 Å². The molecule has 130 valence electrons. The third-order valence-corrected chi connectivity index (χ3v) is 3.98. The number of amides is 2. The molecule has 1 aliphatic rings. The van der Waals surface area contributed by atoms with Crippen LogP contribution in [0.15, 0.2) is 46.0 Å². The van der Waals surface area contributed by atoms with E-state index in [9.17, 15) is 9.59 Å². The maximum atomic E-state index is 12.4. The van der Waals surface area contributed by atoms with Gasteiger partial charge >= 0.3 is 0 Å². The Morgan fingerprint density at radius 1 is 1.36 bits per heavy atom. The van der Waals surface area contributed by atoms with Crippen LogP contribution in [0.1, 0.15) is 12.2 Å². The fourth-order valence-corrected chi connectivity index (χ4v) is 2.69. The van der Waals surface area contributed by atoms with Crippen LogP contribution in [-0.2, 0) is 16.1 Å². The SMILES string of the molecule is O=C1CC(C(=O)Nc2ccc(Cl)cc2Cl)NC(=NCc2ccco2)N1. The van der Waals surface area contributed by atoms with Crippen LogP contribution in [0.5, 0.6) is 0 Å². The van der Waals surface area contributed by atoms with Crippen molar-refractivity contribution >= 4 is 46.7 Å². The van der Waals surface area contributed by atoms with Crippen LogP contribution in [-0.4, -0.2) is 23.8 Å². The van der Waals surface area contributed by atoms with E-state index in [1.54, 1.807) is 24.3 Å². The maximum Gasteiger partial charge on any atom is 0.247 e. The van der Waals surface area contributed by atoms with Crippen LogP contribution < -0.4 is 16.0 Å². The van der Waals surface area contributed by atoms with E-state index in [4.69, 9.17) is 27.6 Å². The molecule has 1 aromatic carbocycles. The lowest BCUT2D eigenvalue weighted by atomic mass is 10.1. The summed E-state index contributed by atoms with van der Waals surface area (Å²) in [5.74, 6) is 0.155. The van der Waals surface area contributed by atoms with Gasteiger partial charge in [-0.2, -0.15) is 0 Å². The molecule has 0 radical (unpaired) electrons. The Kier molecular flexibility index (Phi) is 5.25. The van der Waals surface area contributed by atoms with E-state index in [0.29, 0.717) is 21.5 Å². The van der Waals surface area contributed by atoms with E-state index in [0.717, 1.165) is 0 Å². The molecule has 9 heteroatoms. The number of guanidine groups is 1. The smallest absolute Gasteiger partial charge is 0.247 e. The van der Waals surface area contributed by atoms with Gasteiger partial charge in [-0.05, 0) is 30.3 Å². The van der Waals surface area contributed by atoms with Crippen LogP contribution in [0.3, 0.4) is 0 Å². The molecule has 2 aromatic rings. The standard InChI is InChI=1S/C16H14Cl2N4O3/c17-9-3-4-12(11(18)6-9)20-15(24)13-7-14(23)22-16(21-13)19-8-10-2-1-5-25-10/h1-6,13H,7-8H2,(H,20,24)(H2,19,21,22,23). The first-order valence-corrected chi connectivity index (χ1v) is 8.16. The van der Waals surface area contributed by atoms with Crippen molar-refractivity contribution in [3.05, 3.63) is 52.4 Å². The van der Waals surface area contributed by atoms with Crippen molar-refractivity contribution in [2.45, 2.75) is 19.0 Å². The zero-order valence-electron chi connectivity index (χ0n) is 12.9. The maximum absolute atomic E-state index is 12.4. The van der Waals surface area contributed by atoms with Crippen LogP contribution in [0, 0.1) is 0 Å². The van der Waals surface area contributed by atoms with Gasteiger partial charge in [-0.3, -0.25) is 14.9 Å². The highest BCUT2D eigenvalue weighted by Gasteiger charge is 2.28. The molecule has 1 saturated heterocycles. The van der Waals surface area contributed by atoms with Crippen LogP contribution in [0.25, 0.3) is 0 Å². The van der Waals surface area contributed by atoms with Crippen molar-refractivity contribution in [1.29, 1.82) is 0 Å². The second-order valence-corrected chi connectivity index (χ2v) is 6.15. The predicted molar refractivity (Wildman–Crippen MR) is 94.6 cm³/mol. The van der Waals surface area contributed by atoms with Gasteiger partial charge in [-0.25, -0.2) is 4.99 Å². The number of hydrogen-bond donors (Lipinski definition) is 3. The van der Waals surface area contributed by atoms with Crippen molar-refractivity contribution < 1.29 is 14.0 Å². The summed E-state index contributed by atoms with van der Waals surface area (Å²) < 4.78 is 5.18. The van der Waals surface area contributed by atoms with Gasteiger partial charge in [0.1, 0.15) is 18.3 Å². The summed E-state index contributed by atoms with van der Waals surface area (Å²) in [6.07, 6.45) is 1.52. The zero-order chi connectivity index (χ0) is 17.8. The number of halogens is 2. The number of carbonyl (C=O) groups is 2. The third kappa shape index (κ3) is 4.52. The predicted octanol–water partition coefficient (Wildman–Crippen LogP) is 2.56. The van der Waals surface area contributed by atoms with Crippen molar-refractivity contribution in [2.75, 3.05) is 5.32 Å². The Bertz CT molecular complexity index is 821. The second-order valence-electron chi connectivity index (χ2n) is 5.31. The van der Waals surface area contributed by atoms with Gasteiger partial charge in [0.05, 0.1) is 23.4 Å². The number of nitrogens with one attached hydrogen (secondary N) is 3. The van der Waals surface area contributed by atoms with E-state index in [2.05, 4.69) is 20.9 Å². The molecule has 2 amide bonds. The van der Waals surface area contributed by atoms with Crippen LogP contribution in [0.2, 0.25) is 10.0 Å². The molecular formula is C16H14Cl2N4O3. The van der Waals surface area contributed by atoms with Crippen molar-refractivity contribution in [2.24, 2.45) is 4.99 Å². The molecule has 1 aliphatic heterocycles. The second kappa shape index (κ2) is 7.58. The van der Waals surface area contributed by atoms with Gasteiger partial charge in [0.15, 0.2) is 5.96 Å². The molecule has 1 atom stereocenters. The monoisotopic (exact) mass is 380 g/mol. The molecule has 0 spiro atoms. The Hall–Kier alpha value is -2.51. The molecule has 25 heavy (non-hydrogen) atoms. The first-order chi connectivity index (χ1) is 12.0.